The SMILES string of the molecule is Cc1nn(C)c(C)c1C[C@H](C)NC(=O)CC1CCN(S(C)(=O)=O)CC1. The van der Waals surface area contributed by atoms with Gasteiger partial charge in [0.25, 0.3) is 0 Å². The molecule has 1 aliphatic heterocycles. The summed E-state index contributed by atoms with van der Waals surface area (Å²) in [6.07, 6.45) is 3.96. The number of carbonyl (C=O) groups is 1. The van der Waals surface area contributed by atoms with Crippen LogP contribution in [0.1, 0.15) is 43.1 Å². The zero-order valence-corrected chi connectivity index (χ0v) is 16.7. The predicted octanol–water partition coefficient (Wildman–Crippen LogP) is 1.15. The quantitative estimate of drug-likeness (QED) is 0.814. The molecule has 0 aliphatic carbocycles. The molecule has 2 rings (SSSR count). The monoisotopic (exact) mass is 370 g/mol. The van der Waals surface area contributed by atoms with Crippen molar-refractivity contribution in [3.8, 4) is 0 Å². The van der Waals surface area contributed by atoms with Gasteiger partial charge in [-0.15, -0.1) is 0 Å². The molecule has 1 aromatic rings. The predicted molar refractivity (Wildman–Crippen MR) is 97.7 cm³/mol. The highest BCUT2D eigenvalue weighted by atomic mass is 32.2. The van der Waals surface area contributed by atoms with E-state index in [-0.39, 0.29) is 17.9 Å². The Morgan fingerprint density at radius 2 is 1.92 bits per heavy atom. The van der Waals surface area contributed by atoms with Crippen molar-refractivity contribution in [2.45, 2.75) is 52.5 Å². The second-order valence-electron chi connectivity index (χ2n) is 7.26. The standard InChI is InChI=1S/C17H30N4O3S/c1-12(10-16-13(2)19-20(4)14(16)3)18-17(22)11-15-6-8-21(9-7-15)25(5,23)24/h12,15H,6-11H2,1-5H3,(H,18,22)/t12-/m0/s1. The largest absolute Gasteiger partial charge is 0.353 e. The highest BCUT2D eigenvalue weighted by Gasteiger charge is 2.26. The molecular weight excluding hydrogens is 340 g/mol. The van der Waals surface area contributed by atoms with Crippen molar-refractivity contribution in [3.05, 3.63) is 17.0 Å². The van der Waals surface area contributed by atoms with Crippen LogP contribution < -0.4 is 5.32 Å². The molecule has 1 saturated heterocycles. The number of carbonyl (C=O) groups excluding carboxylic acids is 1. The molecule has 1 atom stereocenters. The summed E-state index contributed by atoms with van der Waals surface area (Å²) in [6, 6.07) is 0.0465. The van der Waals surface area contributed by atoms with Gasteiger partial charge in [0.05, 0.1) is 11.9 Å². The molecule has 8 heteroatoms. The van der Waals surface area contributed by atoms with E-state index in [0.717, 1.165) is 30.7 Å². The van der Waals surface area contributed by atoms with Crippen LogP contribution in [0.4, 0.5) is 0 Å². The molecule has 1 amide bonds. The summed E-state index contributed by atoms with van der Waals surface area (Å²) >= 11 is 0. The van der Waals surface area contributed by atoms with Crippen LogP contribution in [0.3, 0.4) is 0 Å². The van der Waals surface area contributed by atoms with Gasteiger partial charge in [0.15, 0.2) is 0 Å². The molecule has 0 saturated carbocycles. The fraction of sp³-hybridized carbons (Fsp3) is 0.765. The highest BCUT2D eigenvalue weighted by Crippen LogP contribution is 2.22. The zero-order valence-electron chi connectivity index (χ0n) is 15.9. The number of hydrogen-bond acceptors (Lipinski definition) is 4. The Bertz CT molecular complexity index is 718. The molecule has 1 aliphatic rings. The molecule has 142 valence electrons. The average molecular weight is 371 g/mol. The average Bonchev–Trinajstić information content (AvgIpc) is 2.73. The maximum absolute atomic E-state index is 12.3. The van der Waals surface area contributed by atoms with E-state index in [1.165, 1.54) is 16.1 Å². The summed E-state index contributed by atoms with van der Waals surface area (Å²) in [5, 5.41) is 7.49. The number of hydrogen-bond donors (Lipinski definition) is 1. The molecule has 7 nitrogen and oxygen atoms in total. The van der Waals surface area contributed by atoms with Crippen LogP contribution in [-0.4, -0.2) is 53.8 Å². The molecule has 2 heterocycles. The first-order valence-corrected chi connectivity index (χ1v) is 10.7. The van der Waals surface area contributed by atoms with Crippen molar-refractivity contribution in [1.29, 1.82) is 0 Å². The minimum absolute atomic E-state index is 0.0458. The molecular formula is C17H30N4O3S. The van der Waals surface area contributed by atoms with Crippen LogP contribution in [0.15, 0.2) is 0 Å². The number of aromatic nitrogens is 2. The van der Waals surface area contributed by atoms with Gasteiger partial charge in [-0.2, -0.15) is 5.10 Å². The van der Waals surface area contributed by atoms with E-state index in [1.54, 1.807) is 0 Å². The van der Waals surface area contributed by atoms with E-state index in [0.29, 0.717) is 19.5 Å². The van der Waals surface area contributed by atoms with Crippen molar-refractivity contribution in [2.24, 2.45) is 13.0 Å². The number of rotatable bonds is 6. The smallest absolute Gasteiger partial charge is 0.220 e. The van der Waals surface area contributed by atoms with E-state index in [9.17, 15) is 13.2 Å². The summed E-state index contributed by atoms with van der Waals surface area (Å²) < 4.78 is 26.4. The van der Waals surface area contributed by atoms with E-state index in [4.69, 9.17) is 0 Å². The first-order chi connectivity index (χ1) is 11.6. The molecule has 0 bridgehead atoms. The lowest BCUT2D eigenvalue weighted by Gasteiger charge is -2.30. The summed E-state index contributed by atoms with van der Waals surface area (Å²) in [6.45, 7) is 7.07. The Hall–Kier alpha value is -1.41. The molecule has 1 aromatic heterocycles. The van der Waals surface area contributed by atoms with Gasteiger partial charge in [-0.05, 0) is 51.5 Å². The molecule has 1 fully saturated rings. The van der Waals surface area contributed by atoms with Gasteiger partial charge in [-0.3, -0.25) is 9.48 Å². The summed E-state index contributed by atoms with van der Waals surface area (Å²) in [4.78, 5) is 12.3. The molecule has 0 unspecified atom stereocenters. The maximum atomic E-state index is 12.3. The molecule has 0 spiro atoms. The summed E-state index contributed by atoms with van der Waals surface area (Å²) in [5.41, 5.74) is 3.33. The third kappa shape index (κ3) is 5.28. The Balaban J connectivity index is 1.80. The van der Waals surface area contributed by atoms with Gasteiger partial charge in [-0.1, -0.05) is 0 Å². The van der Waals surface area contributed by atoms with Crippen molar-refractivity contribution in [2.75, 3.05) is 19.3 Å². The Morgan fingerprint density at radius 1 is 1.32 bits per heavy atom. The Kier molecular flexibility index (Phi) is 6.26. The molecule has 1 N–H and O–H groups in total. The second-order valence-corrected chi connectivity index (χ2v) is 9.24. The number of piperidine rings is 1. The third-order valence-electron chi connectivity index (χ3n) is 5.09. The number of amides is 1. The lowest BCUT2D eigenvalue weighted by atomic mass is 9.94. The van der Waals surface area contributed by atoms with E-state index in [2.05, 4.69) is 10.4 Å². The molecule has 0 radical (unpaired) electrons. The van der Waals surface area contributed by atoms with Crippen LogP contribution in [0.5, 0.6) is 0 Å². The summed E-state index contributed by atoms with van der Waals surface area (Å²) in [7, 11) is -1.18. The maximum Gasteiger partial charge on any atom is 0.220 e. The molecule has 25 heavy (non-hydrogen) atoms. The first kappa shape index (κ1) is 19.9. The van der Waals surface area contributed by atoms with Crippen LogP contribution in [0.25, 0.3) is 0 Å². The fourth-order valence-corrected chi connectivity index (χ4v) is 4.39. The Morgan fingerprint density at radius 3 is 2.40 bits per heavy atom. The number of sulfonamides is 1. The minimum atomic E-state index is -3.11. The van der Waals surface area contributed by atoms with Crippen LogP contribution >= 0.6 is 0 Å². The van der Waals surface area contributed by atoms with Crippen molar-refractivity contribution < 1.29 is 13.2 Å². The van der Waals surface area contributed by atoms with Crippen molar-refractivity contribution >= 4 is 15.9 Å². The summed E-state index contributed by atoms with van der Waals surface area (Å²) in [5.74, 6) is 0.302. The van der Waals surface area contributed by atoms with Crippen LogP contribution in [0, 0.1) is 19.8 Å². The number of aryl methyl sites for hydroxylation is 2. The van der Waals surface area contributed by atoms with Gasteiger partial charge in [0, 0.05) is 38.3 Å². The normalized spacial score (nSPS) is 18.3. The number of nitrogens with one attached hydrogen (secondary N) is 1. The van der Waals surface area contributed by atoms with Crippen LogP contribution in [0.2, 0.25) is 0 Å². The fourth-order valence-electron chi connectivity index (χ4n) is 3.51. The lowest BCUT2D eigenvalue weighted by molar-refractivity contribution is -0.122. The van der Waals surface area contributed by atoms with E-state index in [1.807, 2.05) is 32.5 Å². The Labute approximate surface area is 150 Å². The van der Waals surface area contributed by atoms with Crippen LogP contribution in [-0.2, 0) is 28.3 Å². The van der Waals surface area contributed by atoms with Crippen molar-refractivity contribution in [1.82, 2.24) is 19.4 Å². The van der Waals surface area contributed by atoms with Gasteiger partial charge in [0.1, 0.15) is 0 Å². The zero-order chi connectivity index (χ0) is 18.8. The second kappa shape index (κ2) is 7.86. The van der Waals surface area contributed by atoms with Gasteiger partial charge >= 0.3 is 0 Å². The lowest BCUT2D eigenvalue weighted by Crippen LogP contribution is -2.40. The van der Waals surface area contributed by atoms with Crippen molar-refractivity contribution in [3.63, 3.8) is 0 Å². The topological polar surface area (TPSA) is 84.3 Å². The third-order valence-corrected chi connectivity index (χ3v) is 6.40. The van der Waals surface area contributed by atoms with Gasteiger partial charge in [0.2, 0.25) is 15.9 Å². The number of nitrogens with zero attached hydrogens (tertiary/aromatic N) is 3. The van der Waals surface area contributed by atoms with E-state index >= 15 is 0 Å². The van der Waals surface area contributed by atoms with Gasteiger partial charge in [-0.25, -0.2) is 12.7 Å². The first-order valence-electron chi connectivity index (χ1n) is 8.81. The van der Waals surface area contributed by atoms with E-state index < -0.39 is 10.0 Å². The molecule has 0 aromatic carbocycles. The highest BCUT2D eigenvalue weighted by molar-refractivity contribution is 7.88. The minimum Gasteiger partial charge on any atom is -0.353 e. The van der Waals surface area contributed by atoms with Gasteiger partial charge < -0.3 is 5.32 Å².